The molecular formula is C13H16N2O3S. The van der Waals surface area contributed by atoms with Gasteiger partial charge < -0.3 is 4.74 Å². The first kappa shape index (κ1) is 14.0. The summed E-state index contributed by atoms with van der Waals surface area (Å²) in [5, 5.41) is 8.95. The van der Waals surface area contributed by atoms with Gasteiger partial charge in [-0.25, -0.2) is 13.1 Å². The lowest BCUT2D eigenvalue weighted by molar-refractivity contribution is 0.0250. The highest BCUT2D eigenvalue weighted by Crippen LogP contribution is 2.25. The number of hydrogen-bond acceptors (Lipinski definition) is 4. The summed E-state index contributed by atoms with van der Waals surface area (Å²) in [6.45, 7) is 2.76. The van der Waals surface area contributed by atoms with E-state index in [1.165, 1.54) is 12.1 Å². The van der Waals surface area contributed by atoms with Crippen molar-refractivity contribution in [1.82, 2.24) is 4.72 Å². The van der Waals surface area contributed by atoms with E-state index in [1.54, 1.807) is 12.1 Å². The quantitative estimate of drug-likeness (QED) is 0.904. The molecule has 1 aromatic carbocycles. The molecule has 0 bridgehead atoms. The fourth-order valence-electron chi connectivity index (χ4n) is 2.10. The van der Waals surface area contributed by atoms with Gasteiger partial charge in [0.05, 0.1) is 16.1 Å². The predicted octanol–water partition coefficient (Wildman–Crippen LogP) is 1.41. The molecule has 1 heterocycles. The van der Waals surface area contributed by atoms with Crippen LogP contribution >= 0.6 is 0 Å². The van der Waals surface area contributed by atoms with Gasteiger partial charge in [-0.3, -0.25) is 0 Å². The van der Waals surface area contributed by atoms with Crippen molar-refractivity contribution in [3.8, 4) is 6.07 Å². The minimum atomic E-state index is -3.68. The van der Waals surface area contributed by atoms with Crippen molar-refractivity contribution in [1.29, 1.82) is 5.26 Å². The Bertz CT molecular complexity index is 599. The molecule has 1 atom stereocenters. The zero-order chi connectivity index (χ0) is 13.9. The van der Waals surface area contributed by atoms with Crippen molar-refractivity contribution < 1.29 is 13.2 Å². The Morgan fingerprint density at radius 2 is 2.21 bits per heavy atom. The largest absolute Gasteiger partial charge is 0.374 e. The van der Waals surface area contributed by atoms with E-state index in [9.17, 15) is 8.42 Å². The molecule has 1 unspecified atom stereocenters. The van der Waals surface area contributed by atoms with Crippen LogP contribution in [0.2, 0.25) is 0 Å². The van der Waals surface area contributed by atoms with Crippen LogP contribution in [0.3, 0.4) is 0 Å². The standard InChI is InChI=1S/C13H16N2O3S/c1-13(7-4-8-18-13)10-15-19(16,17)12-6-3-2-5-11(12)9-14/h2-3,5-6,15H,4,7-8,10H2,1H3. The Morgan fingerprint density at radius 3 is 2.84 bits per heavy atom. The fourth-order valence-corrected chi connectivity index (χ4v) is 3.41. The van der Waals surface area contributed by atoms with Gasteiger partial charge in [-0.05, 0) is 31.9 Å². The van der Waals surface area contributed by atoms with Crippen molar-refractivity contribution in [3.05, 3.63) is 29.8 Å². The van der Waals surface area contributed by atoms with Gasteiger partial charge in [0.1, 0.15) is 6.07 Å². The van der Waals surface area contributed by atoms with E-state index < -0.39 is 15.6 Å². The van der Waals surface area contributed by atoms with Gasteiger partial charge in [0.25, 0.3) is 0 Å². The predicted molar refractivity (Wildman–Crippen MR) is 69.9 cm³/mol. The van der Waals surface area contributed by atoms with Crippen LogP contribution in [0.25, 0.3) is 0 Å². The molecule has 0 aliphatic carbocycles. The normalized spacial score (nSPS) is 23.2. The number of sulfonamides is 1. The summed E-state index contributed by atoms with van der Waals surface area (Å²) >= 11 is 0. The second-order valence-electron chi connectivity index (χ2n) is 4.83. The summed E-state index contributed by atoms with van der Waals surface area (Å²) in [6.07, 6.45) is 1.77. The number of nitriles is 1. The monoisotopic (exact) mass is 280 g/mol. The van der Waals surface area contributed by atoms with E-state index in [0.717, 1.165) is 12.8 Å². The number of nitrogens with zero attached hydrogens (tertiary/aromatic N) is 1. The maximum atomic E-state index is 12.2. The second kappa shape index (κ2) is 5.29. The molecule has 0 spiro atoms. The van der Waals surface area contributed by atoms with Crippen molar-refractivity contribution >= 4 is 10.0 Å². The minimum Gasteiger partial charge on any atom is -0.374 e. The summed E-state index contributed by atoms with van der Waals surface area (Å²) in [5.74, 6) is 0. The molecule has 1 fully saturated rings. The molecule has 0 amide bonds. The molecule has 1 aromatic rings. The van der Waals surface area contributed by atoms with E-state index >= 15 is 0 Å². The number of nitrogens with one attached hydrogen (secondary N) is 1. The van der Waals surface area contributed by atoms with E-state index in [0.29, 0.717) is 6.61 Å². The fraction of sp³-hybridized carbons (Fsp3) is 0.462. The molecule has 0 aromatic heterocycles. The van der Waals surface area contributed by atoms with Crippen LogP contribution in [-0.4, -0.2) is 27.2 Å². The van der Waals surface area contributed by atoms with E-state index in [1.807, 2.05) is 13.0 Å². The van der Waals surface area contributed by atoms with Gasteiger partial charge in [-0.15, -0.1) is 0 Å². The molecular weight excluding hydrogens is 264 g/mol. The van der Waals surface area contributed by atoms with E-state index in [4.69, 9.17) is 10.00 Å². The molecule has 1 N–H and O–H groups in total. The molecule has 1 aliphatic rings. The highest BCUT2D eigenvalue weighted by molar-refractivity contribution is 7.89. The van der Waals surface area contributed by atoms with Gasteiger partial charge in [-0.1, -0.05) is 12.1 Å². The molecule has 2 rings (SSSR count). The van der Waals surface area contributed by atoms with Gasteiger partial charge in [0.2, 0.25) is 10.0 Å². The Hall–Kier alpha value is -1.42. The smallest absolute Gasteiger partial charge is 0.241 e. The van der Waals surface area contributed by atoms with Crippen molar-refractivity contribution in [2.75, 3.05) is 13.2 Å². The number of hydrogen-bond donors (Lipinski definition) is 1. The van der Waals surface area contributed by atoms with Crippen LogP contribution in [0.5, 0.6) is 0 Å². The van der Waals surface area contributed by atoms with E-state index in [2.05, 4.69) is 4.72 Å². The molecule has 1 aliphatic heterocycles. The van der Waals surface area contributed by atoms with E-state index in [-0.39, 0.29) is 17.0 Å². The molecule has 5 nitrogen and oxygen atoms in total. The third-order valence-corrected chi connectivity index (χ3v) is 4.69. The first-order valence-corrected chi connectivity index (χ1v) is 7.58. The van der Waals surface area contributed by atoms with Crippen LogP contribution in [0.4, 0.5) is 0 Å². The molecule has 0 saturated carbocycles. The molecule has 0 radical (unpaired) electrons. The van der Waals surface area contributed by atoms with Crippen LogP contribution in [-0.2, 0) is 14.8 Å². The summed E-state index contributed by atoms with van der Waals surface area (Å²) in [5.41, 5.74) is -0.304. The number of ether oxygens (including phenoxy) is 1. The summed E-state index contributed by atoms with van der Waals surface area (Å²) in [6, 6.07) is 8.04. The highest BCUT2D eigenvalue weighted by Gasteiger charge is 2.31. The Kier molecular flexibility index (Phi) is 3.90. The highest BCUT2D eigenvalue weighted by atomic mass is 32.2. The maximum Gasteiger partial charge on any atom is 0.241 e. The first-order chi connectivity index (χ1) is 8.97. The van der Waals surface area contributed by atoms with Crippen LogP contribution in [0, 0.1) is 11.3 Å². The van der Waals surface area contributed by atoms with Gasteiger partial charge in [0.15, 0.2) is 0 Å². The van der Waals surface area contributed by atoms with Crippen LogP contribution < -0.4 is 4.72 Å². The Labute approximate surface area is 113 Å². The SMILES string of the molecule is CC1(CNS(=O)(=O)c2ccccc2C#N)CCCO1. The molecule has 6 heteroatoms. The average Bonchev–Trinajstić information content (AvgIpc) is 2.84. The summed E-state index contributed by atoms with van der Waals surface area (Å²) in [7, 11) is -3.68. The van der Waals surface area contributed by atoms with Gasteiger partial charge in [0, 0.05) is 13.2 Å². The lowest BCUT2D eigenvalue weighted by Crippen LogP contribution is -2.40. The zero-order valence-electron chi connectivity index (χ0n) is 10.7. The summed E-state index contributed by atoms with van der Waals surface area (Å²) in [4.78, 5) is 0.0131. The second-order valence-corrected chi connectivity index (χ2v) is 6.57. The van der Waals surface area contributed by atoms with Gasteiger partial charge in [-0.2, -0.15) is 5.26 Å². The first-order valence-electron chi connectivity index (χ1n) is 6.10. The number of rotatable bonds is 4. The lowest BCUT2D eigenvalue weighted by Gasteiger charge is -2.23. The third kappa shape index (κ3) is 3.13. The molecule has 1 saturated heterocycles. The van der Waals surface area contributed by atoms with Crippen molar-refractivity contribution in [3.63, 3.8) is 0 Å². The Morgan fingerprint density at radius 1 is 1.47 bits per heavy atom. The lowest BCUT2D eigenvalue weighted by atomic mass is 10.0. The maximum absolute atomic E-state index is 12.2. The molecule has 102 valence electrons. The molecule has 19 heavy (non-hydrogen) atoms. The third-order valence-electron chi connectivity index (χ3n) is 3.23. The summed E-state index contributed by atoms with van der Waals surface area (Å²) < 4.78 is 32.5. The Balaban J connectivity index is 2.17. The van der Waals surface area contributed by atoms with Crippen LogP contribution in [0.15, 0.2) is 29.2 Å². The minimum absolute atomic E-state index is 0.0131. The van der Waals surface area contributed by atoms with Crippen LogP contribution in [0.1, 0.15) is 25.3 Å². The van der Waals surface area contributed by atoms with Crippen molar-refractivity contribution in [2.45, 2.75) is 30.3 Å². The van der Waals surface area contributed by atoms with Crippen molar-refractivity contribution in [2.24, 2.45) is 0 Å². The van der Waals surface area contributed by atoms with Gasteiger partial charge >= 0.3 is 0 Å². The average molecular weight is 280 g/mol. The zero-order valence-corrected chi connectivity index (χ0v) is 11.5. The number of benzene rings is 1. The topological polar surface area (TPSA) is 79.2 Å².